The number of rotatable bonds is 2. The lowest BCUT2D eigenvalue weighted by atomic mass is 9.88. The summed E-state index contributed by atoms with van der Waals surface area (Å²) >= 11 is 5.80. The molecule has 1 aliphatic rings. The average Bonchev–Trinajstić information content (AvgIpc) is 2.77. The first-order chi connectivity index (χ1) is 7.35. The Kier molecular flexibility index (Phi) is 2.52. The Morgan fingerprint density at radius 2 is 1.81 bits per heavy atom. The molecule has 0 spiro atoms. The lowest BCUT2D eigenvalue weighted by molar-refractivity contribution is 0.228. The lowest BCUT2D eigenvalue weighted by Gasteiger charge is -2.20. The van der Waals surface area contributed by atoms with Gasteiger partial charge in [0.1, 0.15) is 11.6 Å². The molecule has 0 amide bonds. The first-order valence-electron chi connectivity index (χ1n) is 5.10. The Morgan fingerprint density at radius 1 is 1.31 bits per heavy atom. The second-order valence-electron chi connectivity index (χ2n) is 5.02. The second-order valence-corrected chi connectivity index (χ2v) is 5.40. The summed E-state index contributed by atoms with van der Waals surface area (Å²) in [4.78, 5) is 0. The molecule has 0 bridgehead atoms. The van der Waals surface area contributed by atoms with Crippen LogP contribution in [0.3, 0.4) is 0 Å². The predicted octanol–water partition coefficient (Wildman–Crippen LogP) is 3.28. The molecule has 1 N–H and O–H groups in total. The van der Waals surface area contributed by atoms with Crippen molar-refractivity contribution in [2.24, 2.45) is 5.41 Å². The Hall–Kier alpha value is -0.670. The van der Waals surface area contributed by atoms with E-state index in [0.29, 0.717) is 6.42 Å². The van der Waals surface area contributed by atoms with E-state index in [9.17, 15) is 13.9 Å². The van der Waals surface area contributed by atoms with E-state index in [1.54, 1.807) is 0 Å². The fourth-order valence-corrected chi connectivity index (χ4v) is 2.79. The van der Waals surface area contributed by atoms with E-state index in [1.807, 2.05) is 13.8 Å². The minimum Gasteiger partial charge on any atom is -0.395 e. The van der Waals surface area contributed by atoms with E-state index >= 15 is 0 Å². The third-order valence-corrected chi connectivity index (χ3v) is 4.08. The molecule has 0 aliphatic heterocycles. The molecule has 1 saturated carbocycles. The first-order valence-corrected chi connectivity index (χ1v) is 5.48. The molecular formula is C12H13ClF2O. The SMILES string of the molecule is CC1(C)CC1(CO)c1c(F)ccc(F)c1Cl. The molecular weight excluding hydrogens is 234 g/mol. The number of aliphatic hydroxyl groups is 1. The number of benzene rings is 1. The van der Waals surface area contributed by atoms with E-state index in [2.05, 4.69) is 0 Å². The van der Waals surface area contributed by atoms with Crippen LogP contribution >= 0.6 is 11.6 Å². The average molecular weight is 247 g/mol. The Balaban J connectivity index is 2.61. The van der Waals surface area contributed by atoms with Crippen molar-refractivity contribution >= 4 is 11.6 Å². The molecule has 0 heterocycles. The van der Waals surface area contributed by atoms with Crippen LogP contribution in [0.4, 0.5) is 8.78 Å². The Bertz CT molecular complexity index is 445. The number of halogens is 3. The van der Waals surface area contributed by atoms with Crippen molar-refractivity contribution < 1.29 is 13.9 Å². The van der Waals surface area contributed by atoms with Gasteiger partial charge in [-0.25, -0.2) is 8.78 Å². The minimum atomic E-state index is -0.740. The molecule has 1 aliphatic carbocycles. The third kappa shape index (κ3) is 1.38. The molecule has 88 valence electrons. The topological polar surface area (TPSA) is 20.2 Å². The number of hydrogen-bond acceptors (Lipinski definition) is 1. The molecule has 16 heavy (non-hydrogen) atoms. The van der Waals surface area contributed by atoms with Crippen molar-refractivity contribution in [2.45, 2.75) is 25.7 Å². The predicted molar refractivity (Wildman–Crippen MR) is 58.5 cm³/mol. The smallest absolute Gasteiger partial charge is 0.142 e. The van der Waals surface area contributed by atoms with Gasteiger partial charge in [0.15, 0.2) is 0 Å². The molecule has 1 nitrogen and oxygen atoms in total. The molecule has 1 unspecified atom stereocenters. The lowest BCUT2D eigenvalue weighted by Crippen LogP contribution is -2.21. The van der Waals surface area contributed by atoms with E-state index < -0.39 is 17.0 Å². The van der Waals surface area contributed by atoms with Crippen molar-refractivity contribution in [2.75, 3.05) is 6.61 Å². The fourth-order valence-electron chi connectivity index (χ4n) is 2.45. The van der Waals surface area contributed by atoms with E-state index in [1.165, 1.54) is 0 Å². The highest BCUT2D eigenvalue weighted by Crippen LogP contribution is 2.65. The minimum absolute atomic E-state index is 0.113. The maximum atomic E-state index is 13.7. The summed E-state index contributed by atoms with van der Waals surface area (Å²) < 4.78 is 27.1. The highest BCUT2D eigenvalue weighted by Gasteiger charge is 2.63. The standard InChI is InChI=1S/C12H13ClF2O/c1-11(2)5-12(11,6-16)9-7(14)3-4-8(15)10(9)13/h3-4,16H,5-6H2,1-2H3. The van der Waals surface area contributed by atoms with Gasteiger partial charge in [0.2, 0.25) is 0 Å². The van der Waals surface area contributed by atoms with Crippen LogP contribution in [0.2, 0.25) is 5.02 Å². The summed E-state index contributed by atoms with van der Waals surface area (Å²) in [5, 5.41) is 9.23. The van der Waals surface area contributed by atoms with Crippen LogP contribution in [-0.4, -0.2) is 11.7 Å². The number of hydrogen-bond donors (Lipinski definition) is 1. The quantitative estimate of drug-likeness (QED) is 0.794. The first kappa shape index (κ1) is 11.8. The van der Waals surface area contributed by atoms with Gasteiger partial charge in [-0.05, 0) is 24.0 Å². The van der Waals surface area contributed by atoms with E-state index in [0.717, 1.165) is 12.1 Å². The Labute approximate surface area is 98.0 Å². The van der Waals surface area contributed by atoms with Crippen molar-refractivity contribution in [3.8, 4) is 0 Å². The summed E-state index contributed by atoms with van der Waals surface area (Å²) in [6, 6.07) is 2.06. The summed E-state index contributed by atoms with van der Waals surface area (Å²) in [5.41, 5.74) is -0.877. The van der Waals surface area contributed by atoms with Crippen LogP contribution in [0.25, 0.3) is 0 Å². The normalized spacial score (nSPS) is 26.9. The van der Waals surface area contributed by atoms with Gasteiger partial charge < -0.3 is 5.11 Å². The zero-order chi connectivity index (χ0) is 12.1. The third-order valence-electron chi connectivity index (χ3n) is 3.71. The Morgan fingerprint density at radius 3 is 2.25 bits per heavy atom. The van der Waals surface area contributed by atoms with Gasteiger partial charge in [0.05, 0.1) is 11.6 Å². The van der Waals surface area contributed by atoms with Crippen molar-refractivity contribution in [1.82, 2.24) is 0 Å². The van der Waals surface area contributed by atoms with Crippen molar-refractivity contribution in [1.29, 1.82) is 0 Å². The van der Waals surface area contributed by atoms with Crippen LogP contribution < -0.4 is 0 Å². The van der Waals surface area contributed by atoms with Gasteiger partial charge in [-0.3, -0.25) is 0 Å². The molecule has 0 aromatic heterocycles. The molecule has 0 saturated heterocycles. The van der Waals surface area contributed by atoms with E-state index in [4.69, 9.17) is 11.6 Å². The van der Waals surface area contributed by atoms with Crippen molar-refractivity contribution in [3.63, 3.8) is 0 Å². The van der Waals surface area contributed by atoms with Crippen molar-refractivity contribution in [3.05, 3.63) is 34.4 Å². The molecule has 1 fully saturated rings. The van der Waals surface area contributed by atoms with Crippen LogP contribution in [0.15, 0.2) is 12.1 Å². The van der Waals surface area contributed by atoms with Gasteiger partial charge >= 0.3 is 0 Å². The van der Waals surface area contributed by atoms with E-state index in [-0.39, 0.29) is 22.6 Å². The van der Waals surface area contributed by atoms with Gasteiger partial charge in [-0.2, -0.15) is 0 Å². The highest BCUT2D eigenvalue weighted by atomic mass is 35.5. The monoisotopic (exact) mass is 246 g/mol. The number of aliphatic hydroxyl groups excluding tert-OH is 1. The zero-order valence-electron chi connectivity index (χ0n) is 9.15. The summed E-state index contributed by atoms with van der Waals surface area (Å²) in [5.74, 6) is -1.19. The van der Waals surface area contributed by atoms with Crippen LogP contribution in [0.5, 0.6) is 0 Å². The summed E-state index contributed by atoms with van der Waals surface area (Å²) in [6.45, 7) is 3.59. The maximum Gasteiger partial charge on any atom is 0.142 e. The summed E-state index contributed by atoms with van der Waals surface area (Å²) in [6.07, 6.45) is 0.608. The van der Waals surface area contributed by atoms with Gasteiger partial charge in [-0.1, -0.05) is 25.4 Å². The maximum absolute atomic E-state index is 13.7. The van der Waals surface area contributed by atoms with Gasteiger partial charge in [-0.15, -0.1) is 0 Å². The highest BCUT2D eigenvalue weighted by molar-refractivity contribution is 6.31. The molecule has 4 heteroatoms. The van der Waals surface area contributed by atoms with Crippen LogP contribution in [0.1, 0.15) is 25.8 Å². The molecule has 1 aromatic rings. The molecule has 2 rings (SSSR count). The largest absolute Gasteiger partial charge is 0.395 e. The molecule has 1 aromatic carbocycles. The fraction of sp³-hybridized carbons (Fsp3) is 0.500. The van der Waals surface area contributed by atoms with Gasteiger partial charge in [0, 0.05) is 11.0 Å². The van der Waals surface area contributed by atoms with Gasteiger partial charge in [0.25, 0.3) is 0 Å². The van der Waals surface area contributed by atoms with Crippen LogP contribution in [0, 0.1) is 17.0 Å². The van der Waals surface area contributed by atoms with Crippen LogP contribution in [-0.2, 0) is 5.41 Å². The molecule has 0 radical (unpaired) electrons. The zero-order valence-corrected chi connectivity index (χ0v) is 9.91. The molecule has 1 atom stereocenters. The second kappa shape index (κ2) is 3.41. The summed E-state index contributed by atoms with van der Waals surface area (Å²) in [7, 11) is 0.